The number of amides is 1. The molecule has 0 aromatic carbocycles. The Hall–Kier alpha value is -0.650. The van der Waals surface area contributed by atoms with E-state index in [1.165, 1.54) is 0 Å². The van der Waals surface area contributed by atoms with Crippen molar-refractivity contribution in [2.24, 2.45) is 11.8 Å². The Balaban J connectivity index is 3.17. The van der Waals surface area contributed by atoms with Crippen molar-refractivity contribution in [3.05, 3.63) is 0 Å². The molecule has 0 aliphatic rings. The Labute approximate surface area is 123 Å². The Bertz CT molecular complexity index is 232. The lowest BCUT2D eigenvalue weighted by Crippen LogP contribution is -2.31. The molecule has 20 heavy (non-hydrogen) atoms. The zero-order valence-electron chi connectivity index (χ0n) is 13.4. The number of rotatable bonds is 13. The third-order valence-corrected chi connectivity index (χ3v) is 2.46. The molecule has 5 nitrogen and oxygen atoms in total. The number of nitrogens with one attached hydrogen (secondary N) is 1. The van der Waals surface area contributed by atoms with Gasteiger partial charge < -0.3 is 19.5 Å². The summed E-state index contributed by atoms with van der Waals surface area (Å²) in [6.45, 7) is 12.2. The van der Waals surface area contributed by atoms with E-state index in [-0.39, 0.29) is 12.5 Å². The monoisotopic (exact) mass is 289 g/mol. The van der Waals surface area contributed by atoms with Crippen molar-refractivity contribution >= 4 is 5.91 Å². The van der Waals surface area contributed by atoms with Crippen LogP contribution in [0.5, 0.6) is 0 Å². The molecule has 0 aromatic heterocycles. The molecule has 0 fully saturated rings. The molecule has 1 amide bonds. The maximum absolute atomic E-state index is 11.3. The second-order valence-corrected chi connectivity index (χ2v) is 5.67. The first kappa shape index (κ1) is 19.4. The standard InChI is InChI=1S/C15H31NO4/c1-13(2)5-7-18-9-10-19-8-6-16-15(17)12-20-11-14(3)4/h13-14H,5-12H2,1-4H3,(H,16,17). The van der Waals surface area contributed by atoms with Gasteiger partial charge in [0.15, 0.2) is 0 Å². The number of hydrogen-bond donors (Lipinski definition) is 1. The molecule has 0 aliphatic heterocycles. The molecule has 0 heterocycles. The van der Waals surface area contributed by atoms with Gasteiger partial charge in [-0.15, -0.1) is 0 Å². The van der Waals surface area contributed by atoms with E-state index in [1.54, 1.807) is 0 Å². The Kier molecular flexibility index (Phi) is 12.9. The summed E-state index contributed by atoms with van der Waals surface area (Å²) < 4.78 is 16.0. The molecule has 0 saturated heterocycles. The van der Waals surface area contributed by atoms with Gasteiger partial charge in [0.1, 0.15) is 6.61 Å². The number of hydrogen-bond acceptors (Lipinski definition) is 4. The van der Waals surface area contributed by atoms with E-state index in [0.717, 1.165) is 13.0 Å². The zero-order valence-corrected chi connectivity index (χ0v) is 13.4. The lowest BCUT2D eigenvalue weighted by Gasteiger charge is -2.09. The van der Waals surface area contributed by atoms with Gasteiger partial charge in [-0.3, -0.25) is 4.79 Å². The minimum absolute atomic E-state index is 0.0950. The molecular weight excluding hydrogens is 258 g/mol. The first-order valence-electron chi connectivity index (χ1n) is 7.52. The number of carbonyl (C=O) groups is 1. The van der Waals surface area contributed by atoms with Crippen LogP contribution < -0.4 is 5.32 Å². The van der Waals surface area contributed by atoms with Gasteiger partial charge >= 0.3 is 0 Å². The smallest absolute Gasteiger partial charge is 0.246 e. The minimum Gasteiger partial charge on any atom is -0.379 e. The van der Waals surface area contributed by atoms with Gasteiger partial charge in [0, 0.05) is 19.8 Å². The van der Waals surface area contributed by atoms with Gasteiger partial charge in [-0.1, -0.05) is 27.7 Å². The fourth-order valence-corrected chi connectivity index (χ4v) is 1.34. The molecule has 0 unspecified atom stereocenters. The van der Waals surface area contributed by atoms with Crippen molar-refractivity contribution in [2.75, 3.05) is 46.2 Å². The summed E-state index contributed by atoms with van der Waals surface area (Å²) in [7, 11) is 0. The van der Waals surface area contributed by atoms with E-state index < -0.39 is 0 Å². The van der Waals surface area contributed by atoms with Crippen molar-refractivity contribution in [1.82, 2.24) is 5.32 Å². The predicted molar refractivity (Wildman–Crippen MR) is 79.8 cm³/mol. The van der Waals surface area contributed by atoms with Crippen molar-refractivity contribution in [1.29, 1.82) is 0 Å². The van der Waals surface area contributed by atoms with Crippen LogP contribution in [0.1, 0.15) is 34.1 Å². The Morgan fingerprint density at radius 3 is 2.15 bits per heavy atom. The average molecular weight is 289 g/mol. The van der Waals surface area contributed by atoms with Crippen LogP contribution in [0.4, 0.5) is 0 Å². The van der Waals surface area contributed by atoms with E-state index in [9.17, 15) is 4.79 Å². The minimum atomic E-state index is -0.0950. The van der Waals surface area contributed by atoms with Gasteiger partial charge in [-0.2, -0.15) is 0 Å². The molecule has 0 saturated carbocycles. The summed E-state index contributed by atoms with van der Waals surface area (Å²) in [6, 6.07) is 0. The molecule has 0 atom stereocenters. The molecule has 0 bridgehead atoms. The molecule has 0 aromatic rings. The highest BCUT2D eigenvalue weighted by Gasteiger charge is 2.01. The summed E-state index contributed by atoms with van der Waals surface area (Å²) in [5.41, 5.74) is 0. The highest BCUT2D eigenvalue weighted by Crippen LogP contribution is 1.98. The van der Waals surface area contributed by atoms with Gasteiger partial charge in [-0.05, 0) is 18.3 Å². The second kappa shape index (κ2) is 13.3. The van der Waals surface area contributed by atoms with Gasteiger partial charge in [0.05, 0.1) is 19.8 Å². The molecule has 120 valence electrons. The summed E-state index contributed by atoms with van der Waals surface area (Å²) in [4.78, 5) is 11.3. The topological polar surface area (TPSA) is 56.8 Å². The van der Waals surface area contributed by atoms with E-state index in [2.05, 4.69) is 33.0 Å². The average Bonchev–Trinajstić information content (AvgIpc) is 2.36. The van der Waals surface area contributed by atoms with E-state index in [1.807, 2.05) is 0 Å². The summed E-state index contributed by atoms with van der Waals surface area (Å²) in [5.74, 6) is 1.02. The Morgan fingerprint density at radius 1 is 0.900 bits per heavy atom. The highest BCUT2D eigenvalue weighted by atomic mass is 16.5. The largest absolute Gasteiger partial charge is 0.379 e. The molecule has 0 radical (unpaired) electrons. The fourth-order valence-electron chi connectivity index (χ4n) is 1.34. The van der Waals surface area contributed by atoms with E-state index in [0.29, 0.717) is 44.8 Å². The van der Waals surface area contributed by atoms with Crippen LogP contribution in [0.3, 0.4) is 0 Å². The van der Waals surface area contributed by atoms with Crippen LogP contribution in [-0.4, -0.2) is 52.1 Å². The third kappa shape index (κ3) is 15.4. The summed E-state index contributed by atoms with van der Waals surface area (Å²) >= 11 is 0. The lowest BCUT2D eigenvalue weighted by molar-refractivity contribution is -0.126. The zero-order chi connectivity index (χ0) is 15.2. The maximum Gasteiger partial charge on any atom is 0.246 e. The molecule has 0 aliphatic carbocycles. The molecule has 1 N–H and O–H groups in total. The fraction of sp³-hybridized carbons (Fsp3) is 0.933. The van der Waals surface area contributed by atoms with Gasteiger partial charge in [-0.25, -0.2) is 0 Å². The van der Waals surface area contributed by atoms with Crippen LogP contribution >= 0.6 is 0 Å². The Morgan fingerprint density at radius 2 is 1.55 bits per heavy atom. The quantitative estimate of drug-likeness (QED) is 0.526. The summed E-state index contributed by atoms with van der Waals surface area (Å²) in [6.07, 6.45) is 1.08. The third-order valence-electron chi connectivity index (χ3n) is 2.46. The van der Waals surface area contributed by atoms with E-state index in [4.69, 9.17) is 14.2 Å². The van der Waals surface area contributed by atoms with Crippen molar-refractivity contribution < 1.29 is 19.0 Å². The van der Waals surface area contributed by atoms with Gasteiger partial charge in [0.25, 0.3) is 0 Å². The second-order valence-electron chi connectivity index (χ2n) is 5.67. The SMILES string of the molecule is CC(C)CCOCCOCCNC(=O)COCC(C)C. The van der Waals surface area contributed by atoms with Gasteiger partial charge in [0.2, 0.25) is 5.91 Å². The number of ether oxygens (including phenoxy) is 3. The van der Waals surface area contributed by atoms with Crippen LogP contribution in [0, 0.1) is 11.8 Å². The normalized spacial score (nSPS) is 11.3. The van der Waals surface area contributed by atoms with Crippen molar-refractivity contribution in [2.45, 2.75) is 34.1 Å². The molecule has 0 rings (SSSR count). The first-order valence-corrected chi connectivity index (χ1v) is 7.52. The van der Waals surface area contributed by atoms with Crippen LogP contribution in [0.2, 0.25) is 0 Å². The van der Waals surface area contributed by atoms with Crippen molar-refractivity contribution in [3.8, 4) is 0 Å². The molecule has 5 heteroatoms. The van der Waals surface area contributed by atoms with Crippen LogP contribution in [0.15, 0.2) is 0 Å². The van der Waals surface area contributed by atoms with Crippen LogP contribution in [-0.2, 0) is 19.0 Å². The molecule has 0 spiro atoms. The van der Waals surface area contributed by atoms with Crippen molar-refractivity contribution in [3.63, 3.8) is 0 Å². The summed E-state index contributed by atoms with van der Waals surface area (Å²) in [5, 5.41) is 2.74. The predicted octanol–water partition coefficient (Wildman–Crippen LogP) is 1.85. The maximum atomic E-state index is 11.3. The molecular formula is C15H31NO4. The van der Waals surface area contributed by atoms with Crippen LogP contribution in [0.25, 0.3) is 0 Å². The first-order chi connectivity index (χ1) is 9.52. The lowest BCUT2D eigenvalue weighted by atomic mass is 10.1. The highest BCUT2D eigenvalue weighted by molar-refractivity contribution is 5.77. The van der Waals surface area contributed by atoms with E-state index >= 15 is 0 Å². The number of carbonyl (C=O) groups excluding carboxylic acids is 1.